The summed E-state index contributed by atoms with van der Waals surface area (Å²) in [4.78, 5) is 25.9. The number of rotatable bonds is 6. The normalized spacial score (nSPS) is 11.7. The number of halogens is 1. The van der Waals surface area contributed by atoms with Gasteiger partial charge in [-0.1, -0.05) is 48.0 Å². The Kier molecular flexibility index (Phi) is 6.06. The van der Waals surface area contributed by atoms with E-state index in [0.717, 1.165) is 5.56 Å². The number of aryl methyl sites for hydroxylation is 1. The second-order valence-electron chi connectivity index (χ2n) is 6.15. The number of hydrogen-bond donors (Lipinski definition) is 1. The van der Waals surface area contributed by atoms with Crippen LogP contribution in [0.3, 0.4) is 0 Å². The van der Waals surface area contributed by atoms with Crippen molar-refractivity contribution in [2.24, 2.45) is 0 Å². The molecule has 7 nitrogen and oxygen atoms in total. The third kappa shape index (κ3) is 4.75. The second-order valence-corrected chi connectivity index (χ2v) is 6.59. The molecule has 1 aromatic heterocycles. The van der Waals surface area contributed by atoms with Crippen molar-refractivity contribution in [1.82, 2.24) is 20.3 Å². The van der Waals surface area contributed by atoms with Gasteiger partial charge in [0.2, 0.25) is 0 Å². The molecule has 0 radical (unpaired) electrons. The van der Waals surface area contributed by atoms with E-state index in [4.69, 9.17) is 16.3 Å². The first kappa shape index (κ1) is 19.6. The molecule has 0 bridgehead atoms. The molecular formula is C20H19ClN4O3. The molecule has 0 aliphatic rings. The summed E-state index contributed by atoms with van der Waals surface area (Å²) in [5, 5.41) is 11.6. The number of hydrogen-bond acceptors (Lipinski definition) is 5. The number of ether oxygens (including phenoxy) is 1. The Morgan fingerprint density at radius 3 is 2.61 bits per heavy atom. The van der Waals surface area contributed by atoms with Crippen LogP contribution in [0.25, 0.3) is 5.69 Å². The number of carbonyl (C=O) groups excluding carboxylic acids is 2. The van der Waals surface area contributed by atoms with E-state index < -0.39 is 18.0 Å². The zero-order valence-electron chi connectivity index (χ0n) is 15.4. The van der Waals surface area contributed by atoms with Crippen LogP contribution in [0.2, 0.25) is 5.02 Å². The van der Waals surface area contributed by atoms with Crippen molar-refractivity contribution in [3.05, 3.63) is 76.6 Å². The number of benzene rings is 2. The topological polar surface area (TPSA) is 86.1 Å². The van der Waals surface area contributed by atoms with Crippen LogP contribution in [0, 0.1) is 6.92 Å². The van der Waals surface area contributed by atoms with Crippen molar-refractivity contribution in [1.29, 1.82) is 0 Å². The highest BCUT2D eigenvalue weighted by molar-refractivity contribution is 6.30. The van der Waals surface area contributed by atoms with Crippen molar-refractivity contribution in [3.8, 4) is 5.69 Å². The van der Waals surface area contributed by atoms with Gasteiger partial charge in [-0.3, -0.25) is 4.79 Å². The van der Waals surface area contributed by atoms with E-state index in [1.165, 1.54) is 11.7 Å². The van der Waals surface area contributed by atoms with Crippen LogP contribution in [0.4, 0.5) is 0 Å². The molecule has 0 aliphatic heterocycles. The highest BCUT2D eigenvalue weighted by Crippen LogP contribution is 2.15. The minimum atomic E-state index is -0.966. The quantitative estimate of drug-likeness (QED) is 0.645. The van der Waals surface area contributed by atoms with Crippen LogP contribution >= 0.6 is 11.6 Å². The third-order valence-corrected chi connectivity index (χ3v) is 4.21. The van der Waals surface area contributed by atoms with E-state index in [-0.39, 0.29) is 5.69 Å². The fraction of sp³-hybridized carbons (Fsp3) is 0.200. The lowest BCUT2D eigenvalue weighted by Gasteiger charge is -2.12. The average molecular weight is 399 g/mol. The number of aromatic nitrogens is 3. The van der Waals surface area contributed by atoms with Gasteiger partial charge >= 0.3 is 5.97 Å². The summed E-state index contributed by atoms with van der Waals surface area (Å²) >= 11 is 5.98. The molecular weight excluding hydrogens is 380 g/mol. The number of nitrogens with one attached hydrogen (secondary N) is 1. The minimum Gasteiger partial charge on any atom is -0.448 e. The molecule has 0 fully saturated rings. The fourth-order valence-corrected chi connectivity index (χ4v) is 2.67. The molecule has 28 heavy (non-hydrogen) atoms. The van der Waals surface area contributed by atoms with Gasteiger partial charge < -0.3 is 10.1 Å². The molecule has 1 atom stereocenters. The van der Waals surface area contributed by atoms with Crippen molar-refractivity contribution >= 4 is 23.5 Å². The summed E-state index contributed by atoms with van der Waals surface area (Å²) in [6.07, 6.45) is -0.966. The molecule has 1 N–H and O–H groups in total. The Bertz CT molecular complexity index is 988. The smallest absolute Gasteiger partial charge is 0.361 e. The van der Waals surface area contributed by atoms with Gasteiger partial charge in [0, 0.05) is 11.6 Å². The maximum Gasteiger partial charge on any atom is 0.361 e. The van der Waals surface area contributed by atoms with E-state index in [1.807, 2.05) is 30.3 Å². The largest absolute Gasteiger partial charge is 0.448 e. The molecule has 1 amide bonds. The molecule has 0 saturated carbocycles. The molecule has 8 heteroatoms. The molecule has 1 heterocycles. The first-order valence-corrected chi connectivity index (χ1v) is 9.04. The maximum absolute atomic E-state index is 12.4. The van der Waals surface area contributed by atoms with E-state index in [1.54, 1.807) is 31.2 Å². The zero-order chi connectivity index (χ0) is 20.1. The second kappa shape index (κ2) is 8.67. The highest BCUT2D eigenvalue weighted by Gasteiger charge is 2.23. The Morgan fingerprint density at radius 2 is 1.89 bits per heavy atom. The van der Waals surface area contributed by atoms with Crippen LogP contribution in [0.5, 0.6) is 0 Å². The Hall–Kier alpha value is -3.19. The molecule has 3 rings (SSSR count). The standard InChI is InChI=1S/C20H19ClN4O3/c1-13-18(24-25(23-13)17-10-6-9-16(21)11-17)20(27)28-14(2)19(26)22-12-15-7-4-3-5-8-15/h3-11,14H,12H2,1-2H3,(H,22,26)/t14-/m0/s1. The summed E-state index contributed by atoms with van der Waals surface area (Å²) in [5.74, 6) is -1.11. The Labute approximate surface area is 167 Å². The summed E-state index contributed by atoms with van der Waals surface area (Å²) in [6, 6.07) is 16.4. The summed E-state index contributed by atoms with van der Waals surface area (Å²) in [7, 11) is 0. The van der Waals surface area contributed by atoms with Crippen LogP contribution in [0.15, 0.2) is 54.6 Å². The number of esters is 1. The summed E-state index contributed by atoms with van der Waals surface area (Å²) in [6.45, 7) is 3.51. The maximum atomic E-state index is 12.4. The van der Waals surface area contributed by atoms with Gasteiger partial charge in [0.1, 0.15) is 0 Å². The van der Waals surface area contributed by atoms with Crippen molar-refractivity contribution in [2.75, 3.05) is 0 Å². The van der Waals surface area contributed by atoms with Gasteiger partial charge in [0.15, 0.2) is 11.8 Å². The molecule has 0 spiro atoms. The number of carbonyl (C=O) groups is 2. The predicted molar refractivity (Wildman–Crippen MR) is 104 cm³/mol. The molecule has 144 valence electrons. The molecule has 0 aliphatic carbocycles. The van der Waals surface area contributed by atoms with Gasteiger partial charge in [-0.05, 0) is 37.6 Å². The molecule has 2 aromatic carbocycles. The average Bonchev–Trinajstić information content (AvgIpc) is 3.08. The van der Waals surface area contributed by atoms with Gasteiger partial charge in [0.25, 0.3) is 5.91 Å². The van der Waals surface area contributed by atoms with E-state index in [0.29, 0.717) is 22.9 Å². The lowest BCUT2D eigenvalue weighted by atomic mass is 10.2. The molecule has 0 saturated heterocycles. The van der Waals surface area contributed by atoms with Gasteiger partial charge in [-0.25, -0.2) is 4.79 Å². The van der Waals surface area contributed by atoms with Crippen LogP contribution in [0.1, 0.15) is 28.7 Å². The number of nitrogens with zero attached hydrogens (tertiary/aromatic N) is 3. The lowest BCUT2D eigenvalue weighted by Crippen LogP contribution is -2.35. The van der Waals surface area contributed by atoms with E-state index in [9.17, 15) is 9.59 Å². The van der Waals surface area contributed by atoms with Crippen molar-refractivity contribution < 1.29 is 14.3 Å². The van der Waals surface area contributed by atoms with Crippen molar-refractivity contribution in [2.45, 2.75) is 26.5 Å². The van der Waals surface area contributed by atoms with Gasteiger partial charge in [-0.2, -0.15) is 9.90 Å². The van der Waals surface area contributed by atoms with Crippen molar-refractivity contribution in [3.63, 3.8) is 0 Å². The first-order valence-electron chi connectivity index (χ1n) is 8.66. The molecule has 0 unspecified atom stereocenters. The minimum absolute atomic E-state index is 0.0442. The van der Waals surface area contributed by atoms with Crippen LogP contribution in [-0.2, 0) is 16.1 Å². The van der Waals surface area contributed by atoms with E-state index >= 15 is 0 Å². The van der Waals surface area contributed by atoms with Gasteiger partial charge in [-0.15, -0.1) is 5.10 Å². The highest BCUT2D eigenvalue weighted by atomic mass is 35.5. The van der Waals surface area contributed by atoms with E-state index in [2.05, 4.69) is 15.5 Å². The third-order valence-electron chi connectivity index (χ3n) is 3.98. The van der Waals surface area contributed by atoms with Gasteiger partial charge in [0.05, 0.1) is 11.4 Å². The fourth-order valence-electron chi connectivity index (χ4n) is 2.48. The Balaban J connectivity index is 1.63. The monoisotopic (exact) mass is 398 g/mol. The molecule has 3 aromatic rings. The lowest BCUT2D eigenvalue weighted by molar-refractivity contribution is -0.129. The summed E-state index contributed by atoms with van der Waals surface area (Å²) < 4.78 is 5.25. The SMILES string of the molecule is Cc1nn(-c2cccc(Cl)c2)nc1C(=O)O[C@@H](C)C(=O)NCc1ccccc1. The van der Waals surface area contributed by atoms with Crippen LogP contribution < -0.4 is 5.32 Å². The number of amides is 1. The zero-order valence-corrected chi connectivity index (χ0v) is 16.2. The first-order chi connectivity index (χ1) is 13.4. The van der Waals surface area contributed by atoms with Crippen LogP contribution in [-0.4, -0.2) is 33.0 Å². The predicted octanol–water partition coefficient (Wildman–Crippen LogP) is 3.09. The summed E-state index contributed by atoms with van der Waals surface area (Å²) in [5.41, 5.74) is 2.00. The Morgan fingerprint density at radius 1 is 1.14 bits per heavy atom.